The number of nitrogens with one attached hydrogen (secondary N) is 1. The van der Waals surface area contributed by atoms with Crippen molar-refractivity contribution in [3.63, 3.8) is 0 Å². The molecule has 2 heterocycles. The smallest absolute Gasteiger partial charge is 0.262 e. The zero-order chi connectivity index (χ0) is 25.1. The summed E-state index contributed by atoms with van der Waals surface area (Å²) in [6.45, 7) is 2.12. The lowest BCUT2D eigenvalue weighted by atomic mass is 9.90. The first kappa shape index (κ1) is 24.1. The average Bonchev–Trinajstić information content (AvgIpc) is 3.28. The Morgan fingerprint density at radius 3 is 2.60 bits per heavy atom. The van der Waals surface area contributed by atoms with Gasteiger partial charge in [-0.05, 0) is 61.2 Å². The van der Waals surface area contributed by atoms with E-state index in [0.717, 1.165) is 28.5 Å². The van der Waals surface area contributed by atoms with Crippen LogP contribution in [0.4, 0.5) is 13.2 Å². The topological polar surface area (TPSA) is 76.5 Å². The highest BCUT2D eigenvalue weighted by molar-refractivity contribution is 5.94. The Morgan fingerprint density at radius 2 is 1.94 bits per heavy atom. The largest absolute Gasteiger partial charge is 0.495 e. The highest BCUT2D eigenvalue weighted by Gasteiger charge is 2.32. The van der Waals surface area contributed by atoms with E-state index in [1.807, 2.05) is 23.8 Å². The van der Waals surface area contributed by atoms with Gasteiger partial charge in [-0.15, -0.1) is 0 Å². The molecule has 2 amide bonds. The van der Waals surface area contributed by atoms with Crippen molar-refractivity contribution in [2.24, 2.45) is 0 Å². The summed E-state index contributed by atoms with van der Waals surface area (Å²) < 4.78 is 47.8. The molecule has 1 aliphatic heterocycles. The van der Waals surface area contributed by atoms with E-state index in [0.29, 0.717) is 24.2 Å². The fourth-order valence-electron chi connectivity index (χ4n) is 3.98. The summed E-state index contributed by atoms with van der Waals surface area (Å²) >= 11 is 0. The molecule has 2 aromatic carbocycles. The SMILES string of the molecule is COc1cc(/C=C/C(=O)NN2CCCC(c3cc(F)c(F)c(F)c3)C2=O)ccc1-n1cnc(C)c1. The molecule has 0 spiro atoms. The highest BCUT2D eigenvalue weighted by Crippen LogP contribution is 2.29. The van der Waals surface area contributed by atoms with Gasteiger partial charge in [0.25, 0.3) is 5.91 Å². The molecule has 0 radical (unpaired) electrons. The summed E-state index contributed by atoms with van der Waals surface area (Å²) in [7, 11) is 1.54. The molecule has 4 rings (SSSR count). The van der Waals surface area contributed by atoms with Crippen LogP contribution < -0.4 is 10.2 Å². The van der Waals surface area contributed by atoms with E-state index < -0.39 is 35.2 Å². The van der Waals surface area contributed by atoms with Gasteiger partial charge >= 0.3 is 0 Å². The number of hydrogen-bond acceptors (Lipinski definition) is 4. The second-order valence-electron chi connectivity index (χ2n) is 8.15. The van der Waals surface area contributed by atoms with E-state index >= 15 is 0 Å². The summed E-state index contributed by atoms with van der Waals surface area (Å²) in [6, 6.07) is 7.02. The molecule has 10 heteroatoms. The Bertz CT molecular complexity index is 1280. The molecule has 0 aliphatic carbocycles. The molecule has 3 aromatic rings. The van der Waals surface area contributed by atoms with E-state index in [4.69, 9.17) is 4.74 Å². The fraction of sp³-hybridized carbons (Fsp3) is 0.240. The maximum absolute atomic E-state index is 13.6. The lowest BCUT2D eigenvalue weighted by molar-refractivity contribution is -0.143. The van der Waals surface area contributed by atoms with Gasteiger partial charge in [0.05, 0.1) is 30.7 Å². The van der Waals surface area contributed by atoms with Crippen LogP contribution in [0, 0.1) is 24.4 Å². The standard InChI is InChI=1S/C25H23F3N4O3/c1-15-13-31(14-29-15)21-7-5-16(10-22(21)35-2)6-8-23(33)30-32-9-3-4-18(25(32)34)17-11-19(26)24(28)20(27)12-17/h5-8,10-14,18H,3-4,9H2,1-2H3,(H,30,33)/b8-6+. The number of hydrazine groups is 1. The van der Waals surface area contributed by atoms with Crippen LogP contribution in [0.3, 0.4) is 0 Å². The van der Waals surface area contributed by atoms with E-state index in [1.165, 1.54) is 6.08 Å². The highest BCUT2D eigenvalue weighted by atomic mass is 19.2. The fourth-order valence-corrected chi connectivity index (χ4v) is 3.98. The van der Waals surface area contributed by atoms with Crippen LogP contribution in [0.1, 0.15) is 35.6 Å². The number of benzene rings is 2. The van der Waals surface area contributed by atoms with Crippen LogP contribution in [0.15, 0.2) is 48.9 Å². The molecule has 1 N–H and O–H groups in total. The lowest BCUT2D eigenvalue weighted by Crippen LogP contribution is -2.50. The van der Waals surface area contributed by atoms with Crippen LogP contribution in [0.5, 0.6) is 5.75 Å². The van der Waals surface area contributed by atoms with Gasteiger partial charge in [0.1, 0.15) is 5.75 Å². The Labute approximate surface area is 199 Å². The number of amides is 2. The van der Waals surface area contributed by atoms with Crippen LogP contribution in [0.25, 0.3) is 11.8 Å². The maximum Gasteiger partial charge on any atom is 0.262 e. The first-order valence-electron chi connectivity index (χ1n) is 10.9. The van der Waals surface area contributed by atoms with E-state index in [1.54, 1.807) is 31.6 Å². The zero-order valence-corrected chi connectivity index (χ0v) is 19.1. The summed E-state index contributed by atoms with van der Waals surface area (Å²) in [5, 5.41) is 1.12. The van der Waals surface area contributed by atoms with Crippen molar-refractivity contribution < 1.29 is 27.5 Å². The van der Waals surface area contributed by atoms with Gasteiger partial charge in [0.15, 0.2) is 17.5 Å². The number of imidazole rings is 1. The van der Waals surface area contributed by atoms with Crippen molar-refractivity contribution in [2.75, 3.05) is 13.7 Å². The average molecular weight is 484 g/mol. The molecule has 1 atom stereocenters. The van der Waals surface area contributed by atoms with E-state index in [2.05, 4.69) is 10.4 Å². The number of piperidine rings is 1. The molecule has 1 saturated heterocycles. The number of ether oxygens (including phenoxy) is 1. The number of halogens is 3. The minimum absolute atomic E-state index is 0.0289. The summed E-state index contributed by atoms with van der Waals surface area (Å²) in [5.41, 5.74) is 4.87. The van der Waals surface area contributed by atoms with Crippen molar-refractivity contribution in [1.82, 2.24) is 20.0 Å². The Kier molecular flexibility index (Phi) is 6.90. The van der Waals surface area contributed by atoms with Gasteiger partial charge in [-0.25, -0.2) is 18.2 Å². The van der Waals surface area contributed by atoms with Crippen molar-refractivity contribution in [1.29, 1.82) is 0 Å². The quantitative estimate of drug-likeness (QED) is 0.423. The van der Waals surface area contributed by atoms with Gasteiger partial charge in [-0.1, -0.05) is 6.07 Å². The molecule has 1 aromatic heterocycles. The van der Waals surface area contributed by atoms with Gasteiger partial charge < -0.3 is 9.30 Å². The summed E-state index contributed by atoms with van der Waals surface area (Å²) in [5.74, 6) is -5.69. The first-order chi connectivity index (χ1) is 16.8. The van der Waals surface area contributed by atoms with Crippen LogP contribution in [-0.4, -0.2) is 40.0 Å². The van der Waals surface area contributed by atoms with Crippen molar-refractivity contribution in [3.8, 4) is 11.4 Å². The number of aryl methyl sites for hydroxylation is 1. The predicted octanol–water partition coefficient (Wildman–Crippen LogP) is 4.06. The Morgan fingerprint density at radius 1 is 1.20 bits per heavy atom. The minimum Gasteiger partial charge on any atom is -0.495 e. The molecule has 7 nitrogen and oxygen atoms in total. The monoisotopic (exact) mass is 484 g/mol. The maximum atomic E-state index is 13.6. The van der Waals surface area contributed by atoms with Crippen molar-refractivity contribution in [2.45, 2.75) is 25.7 Å². The van der Waals surface area contributed by atoms with Gasteiger partial charge in [0.2, 0.25) is 5.91 Å². The lowest BCUT2D eigenvalue weighted by Gasteiger charge is -2.32. The third-order valence-corrected chi connectivity index (χ3v) is 5.71. The number of carbonyl (C=O) groups excluding carboxylic acids is 2. The molecular formula is C25H23F3N4O3. The number of rotatable bonds is 6. The third kappa shape index (κ3) is 5.21. The van der Waals surface area contributed by atoms with E-state index in [-0.39, 0.29) is 12.1 Å². The molecule has 1 aliphatic rings. The van der Waals surface area contributed by atoms with Gasteiger partial charge in [0, 0.05) is 18.8 Å². The minimum atomic E-state index is -1.59. The van der Waals surface area contributed by atoms with Gasteiger partial charge in [-0.3, -0.25) is 20.0 Å². The van der Waals surface area contributed by atoms with Crippen molar-refractivity contribution in [3.05, 3.63) is 83.2 Å². The molecular weight excluding hydrogens is 461 g/mol. The molecule has 1 unspecified atom stereocenters. The summed E-state index contributed by atoms with van der Waals surface area (Å²) in [4.78, 5) is 29.5. The number of nitrogens with zero attached hydrogens (tertiary/aromatic N) is 3. The molecule has 0 saturated carbocycles. The Balaban J connectivity index is 1.44. The van der Waals surface area contributed by atoms with Crippen LogP contribution in [0.2, 0.25) is 0 Å². The van der Waals surface area contributed by atoms with E-state index in [9.17, 15) is 22.8 Å². The summed E-state index contributed by atoms with van der Waals surface area (Å²) in [6.07, 6.45) is 7.19. The first-order valence-corrected chi connectivity index (χ1v) is 10.9. The molecule has 1 fully saturated rings. The number of carbonyl (C=O) groups is 2. The zero-order valence-electron chi connectivity index (χ0n) is 19.1. The second kappa shape index (κ2) is 10.0. The predicted molar refractivity (Wildman–Crippen MR) is 122 cm³/mol. The van der Waals surface area contributed by atoms with Crippen LogP contribution in [-0.2, 0) is 9.59 Å². The van der Waals surface area contributed by atoms with Crippen molar-refractivity contribution >= 4 is 17.9 Å². The van der Waals surface area contributed by atoms with Crippen LogP contribution >= 0.6 is 0 Å². The molecule has 182 valence electrons. The normalized spacial score (nSPS) is 16.1. The number of methoxy groups -OCH3 is 1. The third-order valence-electron chi connectivity index (χ3n) is 5.71. The number of hydrogen-bond donors (Lipinski definition) is 1. The van der Waals surface area contributed by atoms with Gasteiger partial charge in [-0.2, -0.15) is 0 Å². The molecule has 0 bridgehead atoms. The Hall–Kier alpha value is -4.08. The second-order valence-corrected chi connectivity index (χ2v) is 8.15. The molecule has 35 heavy (non-hydrogen) atoms. The number of aromatic nitrogens is 2.